The minimum Gasteiger partial charge on any atom is -0.462 e. The highest BCUT2D eigenvalue weighted by Gasteiger charge is 2.39. The summed E-state index contributed by atoms with van der Waals surface area (Å²) in [4.78, 5) is 44.9. The van der Waals surface area contributed by atoms with E-state index in [0.29, 0.717) is 49.5 Å². The third kappa shape index (κ3) is 6.27. The SMILES string of the molecule is CCOC(=O)c1ccc(N2C[C@H](C(=O)N(CCCOC)C[C@@H]3CCCN4CCCC[C@H]34)CC2=O)cc1. The number of esters is 1. The van der Waals surface area contributed by atoms with E-state index in [9.17, 15) is 14.4 Å². The molecule has 36 heavy (non-hydrogen) atoms. The Labute approximate surface area is 214 Å². The van der Waals surface area contributed by atoms with Crippen LogP contribution in [0.15, 0.2) is 24.3 Å². The third-order valence-corrected chi connectivity index (χ3v) is 7.94. The number of nitrogens with zero attached hydrogens (tertiary/aromatic N) is 3. The number of anilines is 1. The minimum atomic E-state index is -0.379. The van der Waals surface area contributed by atoms with Crippen LogP contribution in [-0.2, 0) is 19.1 Å². The molecule has 8 nitrogen and oxygen atoms in total. The smallest absolute Gasteiger partial charge is 0.338 e. The maximum Gasteiger partial charge on any atom is 0.338 e. The van der Waals surface area contributed by atoms with Gasteiger partial charge in [0.1, 0.15) is 0 Å². The Hall–Kier alpha value is -2.45. The molecule has 0 unspecified atom stereocenters. The maximum absolute atomic E-state index is 13.7. The molecule has 8 heteroatoms. The lowest BCUT2D eigenvalue weighted by atomic mass is 9.83. The fourth-order valence-electron chi connectivity index (χ4n) is 6.14. The van der Waals surface area contributed by atoms with Crippen LogP contribution in [0.1, 0.15) is 62.2 Å². The van der Waals surface area contributed by atoms with Gasteiger partial charge < -0.3 is 24.2 Å². The predicted molar refractivity (Wildman–Crippen MR) is 138 cm³/mol. The van der Waals surface area contributed by atoms with Gasteiger partial charge in [-0.1, -0.05) is 6.42 Å². The maximum atomic E-state index is 13.7. The second kappa shape index (κ2) is 12.7. The Morgan fingerprint density at radius 3 is 2.61 bits per heavy atom. The number of amides is 2. The van der Waals surface area contributed by atoms with E-state index in [1.54, 1.807) is 43.2 Å². The molecule has 0 N–H and O–H groups in total. The molecule has 0 spiro atoms. The van der Waals surface area contributed by atoms with Gasteiger partial charge in [-0.25, -0.2) is 4.79 Å². The number of carbonyl (C=O) groups is 3. The first-order chi connectivity index (χ1) is 17.5. The summed E-state index contributed by atoms with van der Waals surface area (Å²) >= 11 is 0. The molecule has 0 aliphatic carbocycles. The first-order valence-corrected chi connectivity index (χ1v) is 13.6. The number of carbonyl (C=O) groups excluding carboxylic acids is 3. The molecule has 0 aromatic heterocycles. The molecule has 0 radical (unpaired) electrons. The highest BCUT2D eigenvalue weighted by atomic mass is 16.5. The molecule has 2 amide bonds. The van der Waals surface area contributed by atoms with Gasteiger partial charge in [-0.3, -0.25) is 9.59 Å². The number of benzene rings is 1. The van der Waals surface area contributed by atoms with Crippen molar-refractivity contribution in [1.82, 2.24) is 9.80 Å². The Kier molecular flexibility index (Phi) is 9.37. The van der Waals surface area contributed by atoms with E-state index in [-0.39, 0.29) is 30.1 Å². The van der Waals surface area contributed by atoms with E-state index in [1.807, 2.05) is 4.90 Å². The molecule has 0 saturated carbocycles. The number of hydrogen-bond donors (Lipinski definition) is 0. The fourth-order valence-corrected chi connectivity index (χ4v) is 6.14. The van der Waals surface area contributed by atoms with Crippen LogP contribution in [0, 0.1) is 11.8 Å². The van der Waals surface area contributed by atoms with Crippen LogP contribution in [0.2, 0.25) is 0 Å². The summed E-state index contributed by atoms with van der Waals surface area (Å²) in [7, 11) is 1.69. The Bertz CT molecular complexity index is 903. The lowest BCUT2D eigenvalue weighted by molar-refractivity contribution is -0.137. The van der Waals surface area contributed by atoms with Crippen LogP contribution in [0.25, 0.3) is 0 Å². The molecule has 3 aliphatic heterocycles. The average molecular weight is 500 g/mol. The third-order valence-electron chi connectivity index (χ3n) is 7.94. The van der Waals surface area contributed by atoms with E-state index in [1.165, 1.54) is 38.8 Å². The lowest BCUT2D eigenvalue weighted by Gasteiger charge is -2.46. The number of hydrogen-bond acceptors (Lipinski definition) is 6. The van der Waals surface area contributed by atoms with E-state index >= 15 is 0 Å². The van der Waals surface area contributed by atoms with Gasteiger partial charge in [0.15, 0.2) is 0 Å². The van der Waals surface area contributed by atoms with E-state index < -0.39 is 0 Å². The van der Waals surface area contributed by atoms with E-state index in [0.717, 1.165) is 19.4 Å². The fraction of sp³-hybridized carbons (Fsp3) is 0.679. The number of fused-ring (bicyclic) bond motifs is 1. The highest BCUT2D eigenvalue weighted by Crippen LogP contribution is 2.33. The normalized spacial score (nSPS) is 24.4. The van der Waals surface area contributed by atoms with Gasteiger partial charge in [-0.05, 0) is 82.3 Å². The molecular weight excluding hydrogens is 458 g/mol. The molecule has 3 saturated heterocycles. The Morgan fingerprint density at radius 2 is 1.86 bits per heavy atom. The van der Waals surface area contributed by atoms with Crippen molar-refractivity contribution in [2.45, 2.75) is 57.9 Å². The highest BCUT2D eigenvalue weighted by molar-refractivity contribution is 6.00. The number of methoxy groups -OCH3 is 1. The Morgan fingerprint density at radius 1 is 1.08 bits per heavy atom. The summed E-state index contributed by atoms with van der Waals surface area (Å²) in [6.45, 7) is 6.86. The average Bonchev–Trinajstić information content (AvgIpc) is 3.29. The zero-order valence-electron chi connectivity index (χ0n) is 21.8. The molecule has 0 bridgehead atoms. The van der Waals surface area contributed by atoms with Crippen LogP contribution >= 0.6 is 0 Å². The van der Waals surface area contributed by atoms with Crippen molar-refractivity contribution in [2.75, 3.05) is 57.9 Å². The van der Waals surface area contributed by atoms with Crippen molar-refractivity contribution in [1.29, 1.82) is 0 Å². The summed E-state index contributed by atoms with van der Waals surface area (Å²) in [6.07, 6.45) is 7.15. The van der Waals surface area contributed by atoms with Crippen molar-refractivity contribution in [3.8, 4) is 0 Å². The van der Waals surface area contributed by atoms with Crippen molar-refractivity contribution in [2.24, 2.45) is 11.8 Å². The van der Waals surface area contributed by atoms with Gasteiger partial charge in [0.25, 0.3) is 0 Å². The van der Waals surface area contributed by atoms with Crippen LogP contribution in [-0.4, -0.2) is 86.7 Å². The molecule has 4 rings (SSSR count). The van der Waals surface area contributed by atoms with Crippen LogP contribution in [0.5, 0.6) is 0 Å². The first kappa shape index (κ1) is 26.6. The quantitative estimate of drug-likeness (QED) is 0.363. The van der Waals surface area contributed by atoms with Gasteiger partial charge in [0.05, 0.1) is 18.1 Å². The topological polar surface area (TPSA) is 79.4 Å². The predicted octanol–water partition coefficient (Wildman–Crippen LogP) is 3.35. The molecule has 3 atom stereocenters. The summed E-state index contributed by atoms with van der Waals surface area (Å²) < 4.78 is 10.3. The first-order valence-electron chi connectivity index (χ1n) is 13.6. The standard InChI is InChI=1S/C28H41N3O5/c1-3-36-28(34)21-10-12-24(13-11-21)31-20-23(18-26(31)32)27(33)30(16-7-17-35-2)19-22-8-6-15-29-14-5-4-9-25(22)29/h10-13,22-23,25H,3-9,14-20H2,1-2H3/t22-,23+,25+/m0/s1. The summed E-state index contributed by atoms with van der Waals surface area (Å²) in [5.74, 6) is -0.205. The molecule has 198 valence electrons. The monoisotopic (exact) mass is 499 g/mol. The second-order valence-corrected chi connectivity index (χ2v) is 10.3. The molecular formula is C28H41N3O5. The van der Waals surface area contributed by atoms with Gasteiger partial charge in [-0.2, -0.15) is 0 Å². The van der Waals surface area contributed by atoms with Gasteiger partial charge in [0.2, 0.25) is 11.8 Å². The zero-order chi connectivity index (χ0) is 25.5. The van der Waals surface area contributed by atoms with Crippen molar-refractivity contribution in [3.05, 3.63) is 29.8 Å². The van der Waals surface area contributed by atoms with Crippen molar-refractivity contribution in [3.63, 3.8) is 0 Å². The molecule has 3 fully saturated rings. The molecule has 3 aliphatic rings. The lowest BCUT2D eigenvalue weighted by Crippen LogP contribution is -2.52. The molecule has 3 heterocycles. The van der Waals surface area contributed by atoms with Gasteiger partial charge in [0, 0.05) is 51.5 Å². The largest absolute Gasteiger partial charge is 0.462 e. The van der Waals surface area contributed by atoms with E-state index in [2.05, 4.69) is 4.90 Å². The second-order valence-electron chi connectivity index (χ2n) is 10.3. The zero-order valence-corrected chi connectivity index (χ0v) is 21.8. The number of rotatable bonds is 10. The van der Waals surface area contributed by atoms with Crippen LogP contribution < -0.4 is 4.90 Å². The summed E-state index contributed by atoms with van der Waals surface area (Å²) in [5.41, 5.74) is 1.16. The Balaban J connectivity index is 1.42. The minimum absolute atomic E-state index is 0.0507. The van der Waals surface area contributed by atoms with Gasteiger partial charge >= 0.3 is 5.97 Å². The van der Waals surface area contributed by atoms with E-state index in [4.69, 9.17) is 9.47 Å². The van der Waals surface area contributed by atoms with Crippen LogP contribution in [0.3, 0.4) is 0 Å². The van der Waals surface area contributed by atoms with Crippen molar-refractivity contribution < 1.29 is 23.9 Å². The number of piperidine rings is 2. The number of ether oxygens (including phenoxy) is 2. The van der Waals surface area contributed by atoms with Crippen LogP contribution in [0.4, 0.5) is 5.69 Å². The molecule has 1 aromatic rings. The summed E-state index contributed by atoms with van der Waals surface area (Å²) in [5, 5.41) is 0. The van der Waals surface area contributed by atoms with Gasteiger partial charge in [-0.15, -0.1) is 0 Å². The van der Waals surface area contributed by atoms with Crippen molar-refractivity contribution >= 4 is 23.5 Å². The summed E-state index contributed by atoms with van der Waals surface area (Å²) in [6, 6.07) is 7.43. The molecule has 1 aromatic carbocycles.